The molecule has 0 N–H and O–H groups in total. The van der Waals surface area contributed by atoms with Crippen LogP contribution >= 0.6 is 0 Å². The van der Waals surface area contributed by atoms with Gasteiger partial charge in [0.25, 0.3) is 0 Å². The Hall–Kier alpha value is -1.31. The van der Waals surface area contributed by atoms with Gasteiger partial charge in [-0.3, -0.25) is 0 Å². The molecule has 0 atom stereocenters. The summed E-state index contributed by atoms with van der Waals surface area (Å²) in [6, 6.07) is 6.87. The van der Waals surface area contributed by atoms with Crippen LogP contribution in [0.1, 0.15) is 36.7 Å². The second kappa shape index (κ2) is 3.82. The molecule has 76 valence electrons. The fourth-order valence-electron chi connectivity index (χ4n) is 1.37. The van der Waals surface area contributed by atoms with Crippen molar-refractivity contribution < 1.29 is 9.90 Å². The van der Waals surface area contributed by atoms with Gasteiger partial charge in [-0.05, 0) is 23.0 Å². The van der Waals surface area contributed by atoms with Crippen LogP contribution < -0.4 is 5.11 Å². The molecule has 0 aliphatic heterocycles. The molecule has 0 bridgehead atoms. The quantitative estimate of drug-likeness (QED) is 0.713. The summed E-state index contributed by atoms with van der Waals surface area (Å²) in [6.07, 6.45) is 0.945. The molecule has 0 amide bonds. The van der Waals surface area contributed by atoms with Crippen LogP contribution in [0, 0.1) is 5.41 Å². The molecule has 0 saturated heterocycles. The molecule has 0 aromatic heterocycles. The predicted molar refractivity (Wildman–Crippen MR) is 53.9 cm³/mol. The third kappa shape index (κ3) is 3.21. The van der Waals surface area contributed by atoms with Crippen LogP contribution in [-0.2, 0) is 6.42 Å². The Labute approximate surface area is 84.6 Å². The Morgan fingerprint density at radius 1 is 1.21 bits per heavy atom. The van der Waals surface area contributed by atoms with Gasteiger partial charge in [0, 0.05) is 0 Å². The van der Waals surface area contributed by atoms with Crippen molar-refractivity contribution in [1.82, 2.24) is 0 Å². The molecule has 0 unspecified atom stereocenters. The fourth-order valence-corrected chi connectivity index (χ4v) is 1.37. The van der Waals surface area contributed by atoms with Gasteiger partial charge < -0.3 is 9.90 Å². The summed E-state index contributed by atoms with van der Waals surface area (Å²) >= 11 is 0. The first-order valence-corrected chi connectivity index (χ1v) is 4.69. The first-order chi connectivity index (χ1) is 6.38. The van der Waals surface area contributed by atoms with E-state index in [9.17, 15) is 9.90 Å². The normalized spacial score (nSPS) is 11.4. The number of carboxylic acid groups (broad SMARTS) is 1. The Morgan fingerprint density at radius 3 is 2.07 bits per heavy atom. The van der Waals surface area contributed by atoms with Crippen LogP contribution in [0.3, 0.4) is 0 Å². The topological polar surface area (TPSA) is 40.1 Å². The minimum absolute atomic E-state index is 0.225. The molecule has 1 aromatic rings. The molecule has 0 aliphatic carbocycles. The minimum atomic E-state index is -1.12. The van der Waals surface area contributed by atoms with Crippen LogP contribution in [0.2, 0.25) is 0 Å². The molecule has 1 rings (SSSR count). The fraction of sp³-hybridized carbons (Fsp3) is 0.417. The number of benzene rings is 1. The maximum atomic E-state index is 10.5. The molecule has 0 aliphatic rings. The Bertz CT molecular complexity index is 317. The Morgan fingerprint density at radius 2 is 1.71 bits per heavy atom. The van der Waals surface area contributed by atoms with Crippen LogP contribution in [0.15, 0.2) is 24.3 Å². The monoisotopic (exact) mass is 191 g/mol. The van der Waals surface area contributed by atoms with Crippen molar-refractivity contribution in [3.05, 3.63) is 35.4 Å². The van der Waals surface area contributed by atoms with E-state index < -0.39 is 5.97 Å². The van der Waals surface area contributed by atoms with E-state index in [2.05, 4.69) is 20.8 Å². The minimum Gasteiger partial charge on any atom is -0.545 e. The summed E-state index contributed by atoms with van der Waals surface area (Å²) in [5, 5.41) is 10.5. The molecule has 0 fully saturated rings. The summed E-state index contributed by atoms with van der Waals surface area (Å²) in [5.41, 5.74) is 1.62. The van der Waals surface area contributed by atoms with E-state index in [1.165, 1.54) is 0 Å². The molecule has 2 heteroatoms. The van der Waals surface area contributed by atoms with E-state index in [0.717, 1.165) is 12.0 Å². The summed E-state index contributed by atoms with van der Waals surface area (Å²) in [5.74, 6) is -1.12. The highest BCUT2D eigenvalue weighted by Gasteiger charge is 2.10. The summed E-state index contributed by atoms with van der Waals surface area (Å²) in [7, 11) is 0. The SMILES string of the molecule is CC(C)(C)Cc1ccc(C(=O)[O-])cc1. The van der Waals surface area contributed by atoms with E-state index in [1.54, 1.807) is 12.1 Å². The molecule has 0 spiro atoms. The maximum Gasteiger partial charge on any atom is 0.0715 e. The maximum absolute atomic E-state index is 10.5. The number of hydrogen-bond donors (Lipinski definition) is 0. The number of hydrogen-bond acceptors (Lipinski definition) is 2. The lowest BCUT2D eigenvalue weighted by Crippen LogP contribution is -2.22. The number of rotatable bonds is 2. The van der Waals surface area contributed by atoms with Gasteiger partial charge in [-0.2, -0.15) is 0 Å². The van der Waals surface area contributed by atoms with Crippen molar-refractivity contribution in [2.24, 2.45) is 5.41 Å². The molecular formula is C12H15O2-. The van der Waals surface area contributed by atoms with Crippen molar-refractivity contribution in [2.75, 3.05) is 0 Å². The Kier molecular flexibility index (Phi) is 2.94. The van der Waals surface area contributed by atoms with Gasteiger partial charge in [-0.25, -0.2) is 0 Å². The largest absolute Gasteiger partial charge is 0.545 e. The molecule has 0 radical (unpaired) electrons. The zero-order valence-corrected chi connectivity index (χ0v) is 8.83. The first-order valence-electron chi connectivity index (χ1n) is 4.69. The average Bonchev–Trinajstić information content (AvgIpc) is 2.02. The smallest absolute Gasteiger partial charge is 0.0715 e. The third-order valence-corrected chi connectivity index (χ3v) is 1.92. The summed E-state index contributed by atoms with van der Waals surface area (Å²) < 4.78 is 0. The van der Waals surface area contributed by atoms with E-state index in [0.29, 0.717) is 0 Å². The van der Waals surface area contributed by atoms with Crippen molar-refractivity contribution in [2.45, 2.75) is 27.2 Å². The van der Waals surface area contributed by atoms with E-state index in [4.69, 9.17) is 0 Å². The number of carbonyl (C=O) groups excluding carboxylic acids is 1. The van der Waals surface area contributed by atoms with Crippen molar-refractivity contribution in [1.29, 1.82) is 0 Å². The van der Waals surface area contributed by atoms with Gasteiger partial charge in [0.1, 0.15) is 0 Å². The van der Waals surface area contributed by atoms with Crippen molar-refractivity contribution in [3.8, 4) is 0 Å². The highest BCUT2D eigenvalue weighted by Crippen LogP contribution is 2.20. The van der Waals surface area contributed by atoms with Crippen LogP contribution in [0.4, 0.5) is 0 Å². The molecule has 0 saturated carbocycles. The molecule has 0 heterocycles. The standard InChI is InChI=1S/C12H16O2/c1-12(2,3)8-9-4-6-10(7-5-9)11(13)14/h4-7H,8H2,1-3H3,(H,13,14)/p-1. The summed E-state index contributed by atoms with van der Waals surface area (Å²) in [6.45, 7) is 6.46. The van der Waals surface area contributed by atoms with Gasteiger partial charge in [0.05, 0.1) is 5.97 Å². The van der Waals surface area contributed by atoms with Crippen LogP contribution in [-0.4, -0.2) is 5.97 Å². The molecular weight excluding hydrogens is 176 g/mol. The average molecular weight is 191 g/mol. The second-order valence-corrected chi connectivity index (χ2v) is 4.72. The highest BCUT2D eigenvalue weighted by atomic mass is 16.4. The van der Waals surface area contributed by atoms with Gasteiger partial charge in [-0.1, -0.05) is 45.0 Å². The van der Waals surface area contributed by atoms with Crippen molar-refractivity contribution in [3.63, 3.8) is 0 Å². The zero-order chi connectivity index (χ0) is 10.8. The Balaban J connectivity index is 2.79. The number of aromatic carboxylic acids is 1. The first kappa shape index (κ1) is 10.8. The van der Waals surface area contributed by atoms with Gasteiger partial charge in [0.15, 0.2) is 0 Å². The molecule has 14 heavy (non-hydrogen) atoms. The molecule has 2 nitrogen and oxygen atoms in total. The van der Waals surface area contributed by atoms with E-state index in [-0.39, 0.29) is 11.0 Å². The number of carboxylic acids is 1. The lowest BCUT2D eigenvalue weighted by molar-refractivity contribution is -0.255. The highest BCUT2D eigenvalue weighted by molar-refractivity contribution is 5.85. The van der Waals surface area contributed by atoms with E-state index in [1.807, 2.05) is 12.1 Å². The van der Waals surface area contributed by atoms with Crippen LogP contribution in [0.25, 0.3) is 0 Å². The van der Waals surface area contributed by atoms with Gasteiger partial charge in [-0.15, -0.1) is 0 Å². The van der Waals surface area contributed by atoms with Crippen molar-refractivity contribution >= 4 is 5.97 Å². The molecule has 1 aromatic carbocycles. The predicted octanol–water partition coefficient (Wildman–Crippen LogP) is 1.64. The second-order valence-electron chi connectivity index (χ2n) is 4.72. The van der Waals surface area contributed by atoms with E-state index >= 15 is 0 Å². The lowest BCUT2D eigenvalue weighted by Gasteiger charge is -2.18. The third-order valence-electron chi connectivity index (χ3n) is 1.92. The summed E-state index contributed by atoms with van der Waals surface area (Å²) in [4.78, 5) is 10.5. The van der Waals surface area contributed by atoms with Gasteiger partial charge in [0.2, 0.25) is 0 Å². The van der Waals surface area contributed by atoms with Crippen LogP contribution in [0.5, 0.6) is 0 Å². The van der Waals surface area contributed by atoms with Gasteiger partial charge >= 0.3 is 0 Å². The zero-order valence-electron chi connectivity index (χ0n) is 8.83. The lowest BCUT2D eigenvalue weighted by atomic mass is 9.88. The number of carbonyl (C=O) groups is 1.